The molecular formula is C22H26N2O4S. The number of carbonyl (C=O) groups excluding carboxylic acids is 1. The molecule has 0 N–H and O–H groups in total. The number of rotatable bonds is 5. The second kappa shape index (κ2) is 8.80. The molecule has 0 bridgehead atoms. The molecule has 2 aromatic rings. The van der Waals surface area contributed by atoms with Crippen LogP contribution in [0.5, 0.6) is 5.75 Å². The van der Waals surface area contributed by atoms with Gasteiger partial charge in [-0.2, -0.15) is 4.31 Å². The van der Waals surface area contributed by atoms with Crippen LogP contribution in [0.1, 0.15) is 16.7 Å². The van der Waals surface area contributed by atoms with E-state index in [-0.39, 0.29) is 19.0 Å². The summed E-state index contributed by atoms with van der Waals surface area (Å²) in [6.07, 6.45) is 3.23. The molecule has 1 aliphatic rings. The standard InChI is InChI=1S/C22H26N2O4S/c1-17-8-10-21(18(2)16-17)29(26,27)24-14-12-23(13-15-24)22(25)11-9-19-6-4-5-7-20(19)28-3/h4-11,16H,12-15H2,1-3H3/b11-9+. The van der Waals surface area contributed by atoms with Crippen LogP contribution < -0.4 is 4.74 Å². The first kappa shape index (κ1) is 21.1. The Morgan fingerprint density at radius 1 is 1.03 bits per heavy atom. The average molecular weight is 415 g/mol. The molecule has 0 unspecified atom stereocenters. The topological polar surface area (TPSA) is 66.9 Å². The normalized spacial score (nSPS) is 15.6. The van der Waals surface area contributed by atoms with E-state index in [0.29, 0.717) is 23.7 Å². The van der Waals surface area contributed by atoms with E-state index in [1.807, 2.05) is 50.2 Å². The van der Waals surface area contributed by atoms with Crippen LogP contribution in [-0.4, -0.2) is 56.8 Å². The molecule has 1 fully saturated rings. The van der Waals surface area contributed by atoms with Crippen molar-refractivity contribution in [2.75, 3.05) is 33.3 Å². The smallest absolute Gasteiger partial charge is 0.246 e. The van der Waals surface area contributed by atoms with Crippen molar-refractivity contribution in [3.8, 4) is 5.75 Å². The zero-order valence-corrected chi connectivity index (χ0v) is 17.8. The van der Waals surface area contributed by atoms with Crippen molar-refractivity contribution in [1.82, 2.24) is 9.21 Å². The first-order chi connectivity index (χ1) is 13.8. The first-order valence-electron chi connectivity index (χ1n) is 9.50. The average Bonchev–Trinajstić information content (AvgIpc) is 2.72. The predicted molar refractivity (Wildman–Crippen MR) is 113 cm³/mol. The summed E-state index contributed by atoms with van der Waals surface area (Å²) in [5, 5.41) is 0. The number of piperazine rings is 1. The molecule has 0 atom stereocenters. The van der Waals surface area contributed by atoms with Crippen LogP contribution in [0.2, 0.25) is 0 Å². The zero-order chi connectivity index (χ0) is 21.0. The Labute approximate surface area is 172 Å². The third-order valence-electron chi connectivity index (χ3n) is 5.04. The van der Waals surface area contributed by atoms with Crippen molar-refractivity contribution < 1.29 is 17.9 Å². The lowest BCUT2D eigenvalue weighted by molar-refractivity contribution is -0.127. The van der Waals surface area contributed by atoms with Gasteiger partial charge < -0.3 is 9.64 Å². The number of amides is 1. The maximum absolute atomic E-state index is 13.0. The Morgan fingerprint density at radius 2 is 1.72 bits per heavy atom. The lowest BCUT2D eigenvalue weighted by Crippen LogP contribution is -2.50. The summed E-state index contributed by atoms with van der Waals surface area (Å²) in [6, 6.07) is 12.8. The van der Waals surface area contributed by atoms with Crippen LogP contribution in [0.3, 0.4) is 0 Å². The van der Waals surface area contributed by atoms with Gasteiger partial charge in [-0.3, -0.25) is 4.79 Å². The Morgan fingerprint density at radius 3 is 2.38 bits per heavy atom. The number of methoxy groups -OCH3 is 1. The third-order valence-corrected chi connectivity index (χ3v) is 7.10. The first-order valence-corrected chi connectivity index (χ1v) is 10.9. The minimum atomic E-state index is -3.56. The van der Waals surface area contributed by atoms with Gasteiger partial charge in [0.05, 0.1) is 12.0 Å². The van der Waals surface area contributed by atoms with Crippen LogP contribution in [0.25, 0.3) is 6.08 Å². The van der Waals surface area contributed by atoms with Crippen molar-refractivity contribution in [1.29, 1.82) is 0 Å². The molecule has 1 amide bonds. The van der Waals surface area contributed by atoms with Gasteiger partial charge in [0.2, 0.25) is 15.9 Å². The van der Waals surface area contributed by atoms with Gasteiger partial charge in [0, 0.05) is 37.8 Å². The minimum absolute atomic E-state index is 0.139. The molecule has 0 aromatic heterocycles. The molecule has 1 heterocycles. The number of sulfonamides is 1. The number of para-hydroxylation sites is 1. The van der Waals surface area contributed by atoms with Crippen molar-refractivity contribution in [2.45, 2.75) is 18.7 Å². The largest absolute Gasteiger partial charge is 0.496 e. The fourth-order valence-electron chi connectivity index (χ4n) is 3.45. The lowest BCUT2D eigenvalue weighted by atomic mass is 10.2. The van der Waals surface area contributed by atoms with E-state index in [1.54, 1.807) is 24.2 Å². The fraction of sp³-hybridized carbons (Fsp3) is 0.318. The molecule has 0 radical (unpaired) electrons. The quantitative estimate of drug-likeness (QED) is 0.706. The maximum atomic E-state index is 13.0. The van der Waals surface area contributed by atoms with Crippen LogP contribution >= 0.6 is 0 Å². The van der Waals surface area contributed by atoms with E-state index in [9.17, 15) is 13.2 Å². The molecule has 7 heteroatoms. The number of nitrogens with zero attached hydrogens (tertiary/aromatic N) is 2. The van der Waals surface area contributed by atoms with Crippen molar-refractivity contribution in [2.24, 2.45) is 0 Å². The van der Waals surface area contributed by atoms with Gasteiger partial charge in [-0.1, -0.05) is 35.9 Å². The Hall–Kier alpha value is -2.64. The lowest BCUT2D eigenvalue weighted by Gasteiger charge is -2.33. The summed E-state index contributed by atoms with van der Waals surface area (Å²) in [5.41, 5.74) is 2.58. The van der Waals surface area contributed by atoms with Crippen LogP contribution in [-0.2, 0) is 14.8 Å². The van der Waals surface area contributed by atoms with Gasteiger partial charge in [-0.05, 0) is 37.6 Å². The van der Waals surface area contributed by atoms with Gasteiger partial charge in [0.15, 0.2) is 0 Å². The predicted octanol–water partition coefficient (Wildman–Crippen LogP) is 2.86. The summed E-state index contributed by atoms with van der Waals surface area (Å²) < 4.78 is 32.7. The molecular weight excluding hydrogens is 388 g/mol. The number of ether oxygens (including phenoxy) is 1. The molecule has 0 aliphatic carbocycles. The number of carbonyl (C=O) groups is 1. The molecule has 2 aromatic carbocycles. The SMILES string of the molecule is COc1ccccc1/C=C/C(=O)N1CCN(S(=O)(=O)c2ccc(C)cc2C)CC1. The van der Waals surface area contributed by atoms with Gasteiger partial charge in [-0.15, -0.1) is 0 Å². The third kappa shape index (κ3) is 4.68. The van der Waals surface area contributed by atoms with Crippen molar-refractivity contribution in [3.63, 3.8) is 0 Å². The highest BCUT2D eigenvalue weighted by atomic mass is 32.2. The summed E-state index contributed by atoms with van der Waals surface area (Å²) in [5.74, 6) is 0.556. The van der Waals surface area contributed by atoms with Crippen LogP contribution in [0, 0.1) is 13.8 Å². The highest BCUT2D eigenvalue weighted by Gasteiger charge is 2.30. The summed E-state index contributed by atoms with van der Waals surface area (Å²) in [7, 11) is -1.97. The van der Waals surface area contributed by atoms with Gasteiger partial charge in [0.1, 0.15) is 5.75 Å². The van der Waals surface area contributed by atoms with Gasteiger partial charge in [0.25, 0.3) is 0 Å². The highest BCUT2D eigenvalue weighted by Crippen LogP contribution is 2.23. The van der Waals surface area contributed by atoms with Crippen molar-refractivity contribution in [3.05, 3.63) is 65.2 Å². The molecule has 6 nitrogen and oxygen atoms in total. The van der Waals surface area contributed by atoms with E-state index < -0.39 is 10.0 Å². The summed E-state index contributed by atoms with van der Waals surface area (Å²) in [6.45, 7) is 5.03. The monoisotopic (exact) mass is 414 g/mol. The molecule has 1 saturated heterocycles. The second-order valence-electron chi connectivity index (χ2n) is 7.07. The highest BCUT2D eigenvalue weighted by molar-refractivity contribution is 7.89. The summed E-state index contributed by atoms with van der Waals surface area (Å²) >= 11 is 0. The molecule has 3 rings (SSSR count). The fourth-order valence-corrected chi connectivity index (χ4v) is 5.08. The van der Waals surface area contributed by atoms with E-state index in [4.69, 9.17) is 4.74 Å². The molecule has 154 valence electrons. The van der Waals surface area contributed by atoms with Crippen molar-refractivity contribution >= 4 is 22.0 Å². The van der Waals surface area contributed by atoms with E-state index >= 15 is 0 Å². The van der Waals surface area contributed by atoms with Gasteiger partial charge >= 0.3 is 0 Å². The summed E-state index contributed by atoms with van der Waals surface area (Å²) in [4.78, 5) is 14.5. The molecule has 0 spiro atoms. The van der Waals surface area contributed by atoms with Gasteiger partial charge in [-0.25, -0.2) is 8.42 Å². The Balaban J connectivity index is 1.65. The number of benzene rings is 2. The van der Waals surface area contributed by atoms with E-state index in [1.165, 1.54) is 10.4 Å². The number of hydrogen-bond acceptors (Lipinski definition) is 4. The zero-order valence-electron chi connectivity index (χ0n) is 17.0. The van der Waals surface area contributed by atoms with Crippen LogP contribution in [0.4, 0.5) is 0 Å². The maximum Gasteiger partial charge on any atom is 0.246 e. The molecule has 1 aliphatic heterocycles. The van der Waals surface area contributed by atoms with E-state index in [2.05, 4.69) is 0 Å². The van der Waals surface area contributed by atoms with Crippen LogP contribution in [0.15, 0.2) is 53.4 Å². The Kier molecular flexibility index (Phi) is 6.39. The molecule has 0 saturated carbocycles. The number of aryl methyl sites for hydroxylation is 2. The molecule has 29 heavy (non-hydrogen) atoms. The van der Waals surface area contributed by atoms with E-state index in [0.717, 1.165) is 16.7 Å². The minimum Gasteiger partial charge on any atom is -0.496 e. The second-order valence-corrected chi connectivity index (χ2v) is 8.98. The number of hydrogen-bond donors (Lipinski definition) is 0. The Bertz CT molecular complexity index is 1020.